The lowest BCUT2D eigenvalue weighted by Crippen LogP contribution is -2.59. The number of hydrogen-bond acceptors (Lipinski definition) is 5. The maximum absolute atomic E-state index is 13.1. The maximum Gasteiger partial charge on any atom is 0.412 e. The fourth-order valence-corrected chi connectivity index (χ4v) is 5.05. The highest BCUT2D eigenvalue weighted by Crippen LogP contribution is 2.47. The summed E-state index contributed by atoms with van der Waals surface area (Å²) >= 11 is 0. The molecule has 2 saturated heterocycles. The molecule has 2 rings (SSSR count). The molecule has 0 unspecified atom stereocenters. The molecule has 6 nitrogen and oxygen atoms in total. The Balaban J connectivity index is 2.42. The molecule has 0 aromatic carbocycles. The molecule has 2 heterocycles. The van der Waals surface area contributed by atoms with Gasteiger partial charge in [0.05, 0.1) is 0 Å². The van der Waals surface area contributed by atoms with Gasteiger partial charge in [0.25, 0.3) is 0 Å². The minimum Gasteiger partial charge on any atom is -0.444 e. The summed E-state index contributed by atoms with van der Waals surface area (Å²) in [5, 5.41) is 1.86. The number of amides is 1. The van der Waals surface area contributed by atoms with Crippen molar-refractivity contribution in [2.24, 2.45) is 11.3 Å². The van der Waals surface area contributed by atoms with E-state index in [9.17, 15) is 4.79 Å². The van der Waals surface area contributed by atoms with Gasteiger partial charge in [-0.05, 0) is 51.6 Å². The molecule has 0 aromatic rings. The topological polar surface area (TPSA) is 51.2 Å². The largest absolute Gasteiger partial charge is 0.444 e. The Kier molecular flexibility index (Phi) is 6.18. The fourth-order valence-electron chi connectivity index (χ4n) is 3.86. The van der Waals surface area contributed by atoms with Gasteiger partial charge in [-0.3, -0.25) is 9.74 Å². The van der Waals surface area contributed by atoms with Crippen LogP contribution in [0.2, 0.25) is 13.1 Å². The summed E-state index contributed by atoms with van der Waals surface area (Å²) in [6, 6.07) is 0. The Morgan fingerprint density at radius 1 is 1.19 bits per heavy atom. The van der Waals surface area contributed by atoms with Crippen LogP contribution in [0.1, 0.15) is 54.4 Å². The highest BCUT2D eigenvalue weighted by Gasteiger charge is 2.59. The standard InChI is InChI=1S/C19H38N2O4Si/c1-17(2,3)14-12-19(25-26(8)9,15-10-11-20(7)24-15)21(13-14)16(22)23-18(4,5)6/h14-15,26H,10-13H2,1-9H3/t14-,15+,19-/m0/s1. The number of nitrogens with zero attached hydrogens (tertiary/aromatic N) is 2. The summed E-state index contributed by atoms with van der Waals surface area (Å²) in [6.07, 6.45) is 1.20. The number of hydrogen-bond donors (Lipinski definition) is 0. The lowest BCUT2D eigenvalue weighted by molar-refractivity contribution is -0.214. The highest BCUT2D eigenvalue weighted by atomic mass is 28.3. The average Bonchev–Trinajstić information content (AvgIpc) is 3.00. The van der Waals surface area contributed by atoms with Crippen LogP contribution in [0.3, 0.4) is 0 Å². The van der Waals surface area contributed by atoms with Gasteiger partial charge in [0, 0.05) is 26.6 Å². The van der Waals surface area contributed by atoms with Crippen LogP contribution >= 0.6 is 0 Å². The van der Waals surface area contributed by atoms with Gasteiger partial charge in [-0.25, -0.2) is 4.79 Å². The van der Waals surface area contributed by atoms with E-state index in [0.29, 0.717) is 12.5 Å². The van der Waals surface area contributed by atoms with Crippen molar-refractivity contribution >= 4 is 15.1 Å². The second-order valence-corrected chi connectivity index (χ2v) is 12.4. The highest BCUT2D eigenvalue weighted by molar-refractivity contribution is 6.48. The van der Waals surface area contributed by atoms with Crippen LogP contribution < -0.4 is 0 Å². The van der Waals surface area contributed by atoms with Crippen molar-refractivity contribution in [2.75, 3.05) is 20.1 Å². The summed E-state index contributed by atoms with van der Waals surface area (Å²) in [6.45, 7) is 18.2. The summed E-state index contributed by atoms with van der Waals surface area (Å²) < 4.78 is 12.4. The molecule has 152 valence electrons. The van der Waals surface area contributed by atoms with Gasteiger partial charge in [0.1, 0.15) is 11.7 Å². The zero-order valence-corrected chi connectivity index (χ0v) is 19.2. The lowest BCUT2D eigenvalue weighted by atomic mass is 9.78. The van der Waals surface area contributed by atoms with Crippen LogP contribution in [-0.2, 0) is 14.0 Å². The molecule has 0 spiro atoms. The number of carbonyl (C=O) groups is 1. The van der Waals surface area contributed by atoms with E-state index in [1.54, 1.807) is 0 Å². The molecular weight excluding hydrogens is 348 g/mol. The van der Waals surface area contributed by atoms with E-state index in [1.807, 2.05) is 37.8 Å². The van der Waals surface area contributed by atoms with Gasteiger partial charge in [-0.1, -0.05) is 20.8 Å². The van der Waals surface area contributed by atoms with E-state index >= 15 is 0 Å². The van der Waals surface area contributed by atoms with Crippen molar-refractivity contribution in [3.8, 4) is 0 Å². The molecule has 26 heavy (non-hydrogen) atoms. The summed E-state index contributed by atoms with van der Waals surface area (Å²) in [5.41, 5.74) is -1.19. The Labute approximate surface area is 160 Å². The first kappa shape index (κ1) is 21.7. The summed E-state index contributed by atoms with van der Waals surface area (Å²) in [5.74, 6) is 0.331. The molecule has 3 atom stereocenters. The van der Waals surface area contributed by atoms with Crippen LogP contribution in [0.25, 0.3) is 0 Å². The van der Waals surface area contributed by atoms with E-state index in [2.05, 4.69) is 33.9 Å². The number of rotatable bonds is 3. The second-order valence-electron chi connectivity index (χ2n) is 10.1. The molecule has 0 radical (unpaired) electrons. The molecule has 1 amide bonds. The van der Waals surface area contributed by atoms with Gasteiger partial charge in [-0.15, -0.1) is 0 Å². The van der Waals surface area contributed by atoms with Crippen LogP contribution in [-0.4, -0.2) is 62.7 Å². The van der Waals surface area contributed by atoms with Crippen LogP contribution in [0.15, 0.2) is 0 Å². The van der Waals surface area contributed by atoms with Gasteiger partial charge >= 0.3 is 6.09 Å². The minimum absolute atomic E-state index is 0.0778. The Hall–Kier alpha value is -0.633. The molecule has 0 N–H and O–H groups in total. The third-order valence-electron chi connectivity index (χ3n) is 5.19. The normalized spacial score (nSPS) is 31.1. The molecule has 0 aliphatic carbocycles. The quantitative estimate of drug-likeness (QED) is 0.694. The smallest absolute Gasteiger partial charge is 0.412 e. The molecule has 7 heteroatoms. The molecule has 2 aliphatic heterocycles. The Morgan fingerprint density at radius 2 is 1.81 bits per heavy atom. The zero-order chi connectivity index (χ0) is 19.9. The van der Waals surface area contributed by atoms with Gasteiger partial charge in [0.2, 0.25) is 0 Å². The third kappa shape index (κ3) is 4.80. The van der Waals surface area contributed by atoms with E-state index in [4.69, 9.17) is 14.0 Å². The number of likely N-dealkylation sites (tertiary alicyclic amines) is 1. The minimum atomic E-state index is -1.43. The first-order valence-corrected chi connectivity index (χ1v) is 12.6. The number of hydroxylamine groups is 2. The third-order valence-corrected chi connectivity index (χ3v) is 6.07. The van der Waals surface area contributed by atoms with E-state index in [0.717, 1.165) is 19.4 Å². The second kappa shape index (κ2) is 7.41. The Bertz CT molecular complexity index is 515. The average molecular weight is 387 g/mol. The zero-order valence-electron chi connectivity index (χ0n) is 18.1. The fraction of sp³-hybridized carbons (Fsp3) is 0.947. The summed E-state index contributed by atoms with van der Waals surface area (Å²) in [4.78, 5) is 21.1. The van der Waals surface area contributed by atoms with Crippen molar-refractivity contribution in [1.82, 2.24) is 9.96 Å². The van der Waals surface area contributed by atoms with Gasteiger partial charge in [-0.2, -0.15) is 5.06 Å². The predicted octanol–water partition coefficient (Wildman–Crippen LogP) is 3.62. The van der Waals surface area contributed by atoms with Crippen molar-refractivity contribution in [1.29, 1.82) is 0 Å². The van der Waals surface area contributed by atoms with Crippen LogP contribution in [0.5, 0.6) is 0 Å². The molecule has 0 saturated carbocycles. The van der Waals surface area contributed by atoms with Gasteiger partial charge in [0.15, 0.2) is 14.8 Å². The lowest BCUT2D eigenvalue weighted by Gasteiger charge is -2.43. The van der Waals surface area contributed by atoms with E-state index in [1.165, 1.54) is 0 Å². The van der Waals surface area contributed by atoms with Gasteiger partial charge < -0.3 is 9.16 Å². The van der Waals surface area contributed by atoms with Crippen molar-refractivity contribution in [3.05, 3.63) is 0 Å². The SMILES string of the molecule is CN1CC[C@H]([C@@]2(O[SiH](C)C)C[C@H](C(C)(C)C)CN2C(=O)OC(C)(C)C)O1. The number of carbonyl (C=O) groups excluding carboxylic acids is 1. The van der Waals surface area contributed by atoms with Crippen LogP contribution in [0.4, 0.5) is 4.79 Å². The maximum atomic E-state index is 13.1. The van der Waals surface area contributed by atoms with Crippen molar-refractivity contribution < 1.29 is 18.8 Å². The molecule has 0 bridgehead atoms. The number of ether oxygens (including phenoxy) is 1. The van der Waals surface area contributed by atoms with E-state index in [-0.39, 0.29) is 17.6 Å². The van der Waals surface area contributed by atoms with Crippen molar-refractivity contribution in [2.45, 2.75) is 84.9 Å². The molecule has 2 aliphatic rings. The van der Waals surface area contributed by atoms with Crippen LogP contribution in [0, 0.1) is 11.3 Å². The van der Waals surface area contributed by atoms with Crippen molar-refractivity contribution in [3.63, 3.8) is 0 Å². The first-order chi connectivity index (χ1) is 11.7. The first-order valence-electron chi connectivity index (χ1n) is 9.81. The summed E-state index contributed by atoms with van der Waals surface area (Å²) in [7, 11) is 0.510. The monoisotopic (exact) mass is 386 g/mol. The van der Waals surface area contributed by atoms with E-state index < -0.39 is 20.4 Å². The molecule has 2 fully saturated rings. The Morgan fingerprint density at radius 3 is 2.23 bits per heavy atom. The molecule has 0 aromatic heterocycles. The predicted molar refractivity (Wildman–Crippen MR) is 105 cm³/mol. The molecular formula is C19H38N2O4Si.